The second-order valence-electron chi connectivity index (χ2n) is 4.73. The fourth-order valence-corrected chi connectivity index (χ4v) is 2.90. The van der Waals surface area contributed by atoms with E-state index in [-0.39, 0.29) is 5.60 Å². The van der Waals surface area contributed by atoms with Gasteiger partial charge in [-0.15, -0.1) is 11.8 Å². The predicted octanol–water partition coefficient (Wildman–Crippen LogP) is 2.32. The molecule has 2 N–H and O–H groups in total. The molecule has 5 nitrogen and oxygen atoms in total. The average Bonchev–Trinajstić information content (AvgIpc) is 2.93. The quantitative estimate of drug-likeness (QED) is 0.786. The molecule has 1 heterocycles. The van der Waals surface area contributed by atoms with Crippen molar-refractivity contribution in [3.8, 4) is 0 Å². The van der Waals surface area contributed by atoms with E-state index in [9.17, 15) is 9.90 Å². The molecule has 2 rings (SSSR count). The highest BCUT2D eigenvalue weighted by Crippen LogP contribution is 2.29. The third-order valence-corrected chi connectivity index (χ3v) is 4.34. The van der Waals surface area contributed by atoms with Crippen LogP contribution in [0.5, 0.6) is 0 Å². The van der Waals surface area contributed by atoms with Gasteiger partial charge < -0.3 is 19.9 Å². The number of rotatable bonds is 6. The zero-order valence-corrected chi connectivity index (χ0v) is 12.5. The predicted molar refractivity (Wildman–Crippen MR) is 78.8 cm³/mol. The van der Waals surface area contributed by atoms with E-state index in [0.717, 1.165) is 11.3 Å². The minimum absolute atomic E-state index is 0.310. The number of carboxylic acids is 1. The highest BCUT2D eigenvalue weighted by Gasteiger charge is 2.35. The second-order valence-corrected chi connectivity index (χ2v) is 5.58. The van der Waals surface area contributed by atoms with E-state index < -0.39 is 5.97 Å². The molecule has 1 atom stereocenters. The Balaban J connectivity index is 2.19. The summed E-state index contributed by atoms with van der Waals surface area (Å²) >= 11 is 1.42. The van der Waals surface area contributed by atoms with Gasteiger partial charge in [-0.05, 0) is 18.4 Å². The first-order valence-corrected chi connectivity index (χ1v) is 7.61. The molecular weight excluding hydrogens is 278 g/mol. The van der Waals surface area contributed by atoms with Crippen molar-refractivity contribution in [3.05, 3.63) is 23.8 Å². The molecular formula is C14H19NO4S. The molecule has 1 aliphatic rings. The minimum atomic E-state index is -0.924. The van der Waals surface area contributed by atoms with Gasteiger partial charge in [0.1, 0.15) is 5.60 Å². The van der Waals surface area contributed by atoms with Gasteiger partial charge in [-0.25, -0.2) is 4.79 Å². The van der Waals surface area contributed by atoms with Gasteiger partial charge >= 0.3 is 5.97 Å². The summed E-state index contributed by atoms with van der Waals surface area (Å²) in [6.07, 6.45) is 2.67. The molecule has 110 valence electrons. The third kappa shape index (κ3) is 3.08. The Morgan fingerprint density at radius 2 is 2.40 bits per heavy atom. The van der Waals surface area contributed by atoms with Crippen LogP contribution in [-0.2, 0) is 9.47 Å². The van der Waals surface area contributed by atoms with E-state index in [4.69, 9.17) is 9.47 Å². The van der Waals surface area contributed by atoms with E-state index in [1.165, 1.54) is 11.8 Å². The van der Waals surface area contributed by atoms with E-state index >= 15 is 0 Å². The molecule has 1 fully saturated rings. The lowest BCUT2D eigenvalue weighted by molar-refractivity contribution is -0.00622. The zero-order chi connectivity index (χ0) is 14.6. The molecule has 0 bridgehead atoms. The maximum Gasteiger partial charge on any atom is 0.338 e. The normalized spacial score (nSPS) is 21.9. The lowest BCUT2D eigenvalue weighted by Gasteiger charge is -2.27. The summed E-state index contributed by atoms with van der Waals surface area (Å²) in [7, 11) is 1.66. The summed E-state index contributed by atoms with van der Waals surface area (Å²) in [6, 6.07) is 5.44. The van der Waals surface area contributed by atoms with Crippen molar-refractivity contribution in [2.24, 2.45) is 0 Å². The van der Waals surface area contributed by atoms with Gasteiger partial charge in [0.2, 0.25) is 0 Å². The van der Waals surface area contributed by atoms with E-state index in [1.807, 2.05) is 18.4 Å². The van der Waals surface area contributed by atoms with Crippen LogP contribution in [0.2, 0.25) is 0 Å². The number of thioether (sulfide) groups is 1. The van der Waals surface area contributed by atoms with Crippen LogP contribution in [-0.4, -0.2) is 49.8 Å². The van der Waals surface area contributed by atoms with Crippen LogP contribution in [0.15, 0.2) is 23.1 Å². The van der Waals surface area contributed by atoms with Crippen molar-refractivity contribution in [1.82, 2.24) is 0 Å². The maximum absolute atomic E-state index is 11.4. The van der Waals surface area contributed by atoms with E-state index in [0.29, 0.717) is 31.0 Å². The van der Waals surface area contributed by atoms with Gasteiger partial charge in [-0.3, -0.25) is 0 Å². The number of hydrogen-bond acceptors (Lipinski definition) is 5. The summed E-state index contributed by atoms with van der Waals surface area (Å²) in [6.45, 7) is 1.73. The molecule has 6 heteroatoms. The van der Waals surface area contributed by atoms with Crippen LogP contribution in [0.4, 0.5) is 5.69 Å². The highest BCUT2D eigenvalue weighted by molar-refractivity contribution is 7.98. The highest BCUT2D eigenvalue weighted by atomic mass is 32.2. The zero-order valence-electron chi connectivity index (χ0n) is 11.6. The standard InChI is InChI=1S/C14H19NO4S/c1-18-14(6-7-19-9-14)8-15-10-4-3-5-11(20-2)12(10)13(16)17/h3-5,15H,6-9H2,1-2H3,(H,16,17). The summed E-state index contributed by atoms with van der Waals surface area (Å²) in [5, 5.41) is 12.6. The van der Waals surface area contributed by atoms with Gasteiger partial charge in [0.05, 0.1) is 12.2 Å². The van der Waals surface area contributed by atoms with Crippen LogP contribution >= 0.6 is 11.8 Å². The van der Waals surface area contributed by atoms with Crippen molar-refractivity contribution in [2.45, 2.75) is 16.9 Å². The monoisotopic (exact) mass is 297 g/mol. The van der Waals surface area contributed by atoms with Crippen LogP contribution in [0, 0.1) is 0 Å². The number of anilines is 1. The number of carboxylic acid groups (broad SMARTS) is 1. The number of hydrogen-bond donors (Lipinski definition) is 2. The molecule has 0 saturated carbocycles. The first-order chi connectivity index (χ1) is 9.62. The van der Waals surface area contributed by atoms with Crippen LogP contribution in [0.1, 0.15) is 16.8 Å². The Labute approximate surface area is 122 Å². The van der Waals surface area contributed by atoms with E-state index in [1.54, 1.807) is 13.2 Å². The molecule has 20 heavy (non-hydrogen) atoms. The molecule has 0 aliphatic carbocycles. The Morgan fingerprint density at radius 1 is 1.60 bits per heavy atom. The fraction of sp³-hybridized carbons (Fsp3) is 0.500. The first-order valence-electron chi connectivity index (χ1n) is 6.39. The molecule has 1 unspecified atom stereocenters. The molecule has 0 amide bonds. The maximum atomic E-state index is 11.4. The number of aromatic carboxylic acids is 1. The van der Waals surface area contributed by atoms with Crippen molar-refractivity contribution in [1.29, 1.82) is 0 Å². The van der Waals surface area contributed by atoms with Gasteiger partial charge in [-0.1, -0.05) is 6.07 Å². The number of methoxy groups -OCH3 is 1. The minimum Gasteiger partial charge on any atom is -0.478 e. The first kappa shape index (κ1) is 15.2. The van der Waals surface area contributed by atoms with Crippen LogP contribution in [0.25, 0.3) is 0 Å². The number of benzene rings is 1. The number of ether oxygens (including phenoxy) is 2. The SMILES string of the molecule is COC1(CNc2cccc(SC)c2C(=O)O)CCOC1. The topological polar surface area (TPSA) is 67.8 Å². The van der Waals surface area contributed by atoms with Crippen LogP contribution in [0.3, 0.4) is 0 Å². The van der Waals surface area contributed by atoms with Gasteiger partial charge in [0, 0.05) is 37.3 Å². The van der Waals surface area contributed by atoms with Crippen molar-refractivity contribution in [2.75, 3.05) is 38.4 Å². The largest absolute Gasteiger partial charge is 0.478 e. The molecule has 0 aromatic heterocycles. The van der Waals surface area contributed by atoms with Gasteiger partial charge in [0.25, 0.3) is 0 Å². The molecule has 1 aliphatic heterocycles. The molecule has 0 spiro atoms. The number of carbonyl (C=O) groups is 1. The summed E-state index contributed by atoms with van der Waals surface area (Å²) in [4.78, 5) is 12.2. The lowest BCUT2D eigenvalue weighted by Crippen LogP contribution is -2.39. The van der Waals surface area contributed by atoms with Crippen molar-refractivity contribution < 1.29 is 19.4 Å². The molecule has 1 aromatic rings. The third-order valence-electron chi connectivity index (χ3n) is 3.56. The smallest absolute Gasteiger partial charge is 0.338 e. The Morgan fingerprint density at radius 3 is 2.95 bits per heavy atom. The van der Waals surface area contributed by atoms with Crippen molar-refractivity contribution >= 4 is 23.4 Å². The lowest BCUT2D eigenvalue weighted by atomic mass is 10.0. The van der Waals surface area contributed by atoms with Crippen LogP contribution < -0.4 is 5.32 Å². The summed E-state index contributed by atoms with van der Waals surface area (Å²) < 4.78 is 10.9. The van der Waals surface area contributed by atoms with Gasteiger partial charge in [0.15, 0.2) is 0 Å². The summed E-state index contributed by atoms with van der Waals surface area (Å²) in [5.74, 6) is -0.924. The Bertz CT molecular complexity index is 486. The number of nitrogens with one attached hydrogen (secondary N) is 1. The molecule has 1 aromatic carbocycles. The van der Waals surface area contributed by atoms with Crippen molar-refractivity contribution in [3.63, 3.8) is 0 Å². The fourth-order valence-electron chi connectivity index (χ4n) is 2.29. The Hall–Kier alpha value is -1.24. The Kier molecular flexibility index (Phi) is 4.91. The second kappa shape index (κ2) is 6.47. The molecule has 1 saturated heterocycles. The van der Waals surface area contributed by atoms with Gasteiger partial charge in [-0.2, -0.15) is 0 Å². The molecule has 0 radical (unpaired) electrons. The van der Waals surface area contributed by atoms with E-state index in [2.05, 4.69) is 5.32 Å². The average molecular weight is 297 g/mol. The summed E-state index contributed by atoms with van der Waals surface area (Å²) in [5.41, 5.74) is 0.559.